The standard InChI is InChI=1S/C22H22Cl2N2O4/c1-28-22(27)21(26-29-2)16-7-4-3-6-15(16)13-30-25-11-10-14-12-17(14)20-18(23)8-5-9-19(20)24/h3-9,11,14,17H,10,12-13H2,1-2H3/b25-11-,26-21+/t14-,17-/m1/s1. The molecule has 0 bridgehead atoms. The predicted octanol–water partition coefficient (Wildman–Crippen LogP) is 5.21. The molecule has 0 radical (unpaired) electrons. The van der Waals surface area contributed by atoms with Gasteiger partial charge in [-0.2, -0.15) is 0 Å². The Morgan fingerprint density at radius 3 is 2.57 bits per heavy atom. The highest BCUT2D eigenvalue weighted by atomic mass is 35.5. The number of nitrogens with zero attached hydrogens (tertiary/aromatic N) is 2. The molecule has 1 aliphatic carbocycles. The minimum Gasteiger partial charge on any atom is -0.464 e. The Bertz CT molecular complexity index is 942. The van der Waals surface area contributed by atoms with Gasteiger partial charge in [-0.1, -0.05) is 63.8 Å². The van der Waals surface area contributed by atoms with E-state index in [0.717, 1.165) is 24.0 Å². The van der Waals surface area contributed by atoms with Crippen LogP contribution in [0.3, 0.4) is 0 Å². The zero-order chi connectivity index (χ0) is 21.5. The summed E-state index contributed by atoms with van der Waals surface area (Å²) in [6.45, 7) is 0.177. The van der Waals surface area contributed by atoms with Gasteiger partial charge in [0.05, 0.1) is 7.11 Å². The quantitative estimate of drug-likeness (QED) is 0.299. The monoisotopic (exact) mass is 448 g/mol. The first-order valence-corrected chi connectivity index (χ1v) is 10.2. The molecule has 0 heterocycles. The molecule has 1 aliphatic rings. The lowest BCUT2D eigenvalue weighted by Crippen LogP contribution is -2.19. The SMILES string of the molecule is CO/N=C(/C(=O)OC)c1ccccc1CO/N=C\C[C@@H]1C[C@H]1c1c(Cl)cccc1Cl. The Morgan fingerprint density at radius 2 is 1.87 bits per heavy atom. The second-order valence-corrected chi connectivity index (χ2v) is 7.62. The summed E-state index contributed by atoms with van der Waals surface area (Å²) in [5.41, 5.74) is 2.39. The van der Waals surface area contributed by atoms with E-state index in [1.165, 1.54) is 14.2 Å². The number of carbonyl (C=O) groups is 1. The predicted molar refractivity (Wildman–Crippen MR) is 117 cm³/mol. The third kappa shape index (κ3) is 5.32. The molecule has 0 aromatic heterocycles. The number of benzene rings is 2. The molecule has 2 aromatic carbocycles. The van der Waals surface area contributed by atoms with Gasteiger partial charge < -0.3 is 14.4 Å². The number of methoxy groups -OCH3 is 1. The van der Waals surface area contributed by atoms with E-state index in [9.17, 15) is 4.79 Å². The van der Waals surface area contributed by atoms with Gasteiger partial charge in [-0.25, -0.2) is 4.79 Å². The number of carbonyl (C=O) groups excluding carboxylic acids is 1. The summed E-state index contributed by atoms with van der Waals surface area (Å²) in [5.74, 6) is 0.207. The number of halogens is 2. The maximum Gasteiger partial charge on any atom is 0.360 e. The smallest absolute Gasteiger partial charge is 0.360 e. The Balaban J connectivity index is 1.56. The summed E-state index contributed by atoms with van der Waals surface area (Å²) in [6, 6.07) is 12.8. The first-order chi connectivity index (χ1) is 14.6. The van der Waals surface area contributed by atoms with Crippen LogP contribution in [0, 0.1) is 5.92 Å². The van der Waals surface area contributed by atoms with Crippen molar-refractivity contribution in [3.63, 3.8) is 0 Å². The topological polar surface area (TPSA) is 69.5 Å². The Morgan fingerprint density at radius 1 is 1.13 bits per heavy atom. The van der Waals surface area contributed by atoms with E-state index in [-0.39, 0.29) is 12.3 Å². The molecule has 1 saturated carbocycles. The summed E-state index contributed by atoms with van der Waals surface area (Å²) < 4.78 is 4.77. The number of hydrogen-bond acceptors (Lipinski definition) is 6. The molecule has 0 saturated heterocycles. The first kappa shape index (κ1) is 22.1. The van der Waals surface area contributed by atoms with Crippen molar-refractivity contribution in [2.75, 3.05) is 14.2 Å². The van der Waals surface area contributed by atoms with Crippen LogP contribution in [0.2, 0.25) is 10.0 Å². The minimum absolute atomic E-state index is 0.0700. The van der Waals surface area contributed by atoms with Crippen LogP contribution in [0.4, 0.5) is 0 Å². The number of hydrogen-bond donors (Lipinski definition) is 0. The Labute approximate surface area is 185 Å². The van der Waals surface area contributed by atoms with E-state index < -0.39 is 5.97 Å². The number of esters is 1. The van der Waals surface area contributed by atoms with Crippen molar-refractivity contribution in [2.24, 2.45) is 16.2 Å². The molecular formula is C22H22Cl2N2O4. The van der Waals surface area contributed by atoms with Crippen molar-refractivity contribution in [3.8, 4) is 0 Å². The van der Waals surface area contributed by atoms with Gasteiger partial charge in [0.1, 0.15) is 13.7 Å². The van der Waals surface area contributed by atoms with Crippen LogP contribution in [0.1, 0.15) is 35.4 Å². The minimum atomic E-state index is -0.592. The fraction of sp³-hybridized carbons (Fsp3) is 0.318. The van der Waals surface area contributed by atoms with E-state index >= 15 is 0 Å². The van der Waals surface area contributed by atoms with Gasteiger partial charge in [0.15, 0.2) is 5.71 Å². The molecule has 0 unspecified atom stereocenters. The van der Waals surface area contributed by atoms with Crippen molar-refractivity contribution in [1.29, 1.82) is 0 Å². The van der Waals surface area contributed by atoms with Crippen molar-refractivity contribution in [2.45, 2.75) is 25.4 Å². The molecule has 2 aromatic rings. The second-order valence-electron chi connectivity index (χ2n) is 6.81. The lowest BCUT2D eigenvalue weighted by Gasteiger charge is -2.09. The highest BCUT2D eigenvalue weighted by Crippen LogP contribution is 2.53. The Kier molecular flexibility index (Phi) is 7.71. The van der Waals surface area contributed by atoms with Gasteiger partial charge in [0.25, 0.3) is 0 Å². The van der Waals surface area contributed by atoms with Crippen molar-refractivity contribution >= 4 is 41.1 Å². The lowest BCUT2D eigenvalue weighted by molar-refractivity contribution is -0.132. The van der Waals surface area contributed by atoms with Crippen LogP contribution in [0.15, 0.2) is 52.8 Å². The molecule has 158 valence electrons. The van der Waals surface area contributed by atoms with Gasteiger partial charge in [-0.15, -0.1) is 0 Å². The normalized spacial score (nSPS) is 18.3. The van der Waals surface area contributed by atoms with Crippen LogP contribution < -0.4 is 0 Å². The largest absolute Gasteiger partial charge is 0.464 e. The third-order valence-electron chi connectivity index (χ3n) is 4.90. The van der Waals surface area contributed by atoms with Crippen LogP contribution in [-0.2, 0) is 25.8 Å². The molecule has 6 nitrogen and oxygen atoms in total. The fourth-order valence-corrected chi connectivity index (χ4v) is 4.00. The molecule has 8 heteroatoms. The van der Waals surface area contributed by atoms with Crippen LogP contribution in [0.5, 0.6) is 0 Å². The van der Waals surface area contributed by atoms with Crippen molar-refractivity contribution < 1.29 is 19.2 Å². The van der Waals surface area contributed by atoms with Gasteiger partial charge >= 0.3 is 5.97 Å². The highest BCUT2D eigenvalue weighted by Gasteiger charge is 2.39. The van der Waals surface area contributed by atoms with Crippen LogP contribution in [0.25, 0.3) is 0 Å². The summed E-state index contributed by atoms with van der Waals surface area (Å²) >= 11 is 12.6. The average molecular weight is 449 g/mol. The number of ether oxygens (including phenoxy) is 1. The van der Waals surface area contributed by atoms with E-state index in [4.69, 9.17) is 37.6 Å². The summed E-state index contributed by atoms with van der Waals surface area (Å²) in [5, 5.41) is 9.25. The molecular weight excluding hydrogens is 427 g/mol. The van der Waals surface area contributed by atoms with Gasteiger partial charge in [-0.3, -0.25) is 0 Å². The molecule has 30 heavy (non-hydrogen) atoms. The molecule has 0 amide bonds. The van der Waals surface area contributed by atoms with Gasteiger partial charge in [0, 0.05) is 27.4 Å². The maximum absolute atomic E-state index is 12.0. The van der Waals surface area contributed by atoms with E-state index in [2.05, 4.69) is 10.3 Å². The summed E-state index contributed by atoms with van der Waals surface area (Å²) in [7, 11) is 2.66. The number of rotatable bonds is 9. The maximum atomic E-state index is 12.0. The van der Waals surface area contributed by atoms with Crippen LogP contribution in [-0.4, -0.2) is 32.1 Å². The molecule has 2 atom stereocenters. The summed E-state index contributed by atoms with van der Waals surface area (Å²) in [6.07, 6.45) is 3.54. The summed E-state index contributed by atoms with van der Waals surface area (Å²) in [4.78, 5) is 22.2. The van der Waals surface area contributed by atoms with E-state index in [1.54, 1.807) is 18.3 Å². The molecule has 1 fully saturated rings. The van der Waals surface area contributed by atoms with Crippen molar-refractivity contribution in [1.82, 2.24) is 0 Å². The van der Waals surface area contributed by atoms with E-state index in [0.29, 0.717) is 27.4 Å². The number of oxime groups is 2. The zero-order valence-corrected chi connectivity index (χ0v) is 18.2. The van der Waals surface area contributed by atoms with Gasteiger partial charge in [-0.05, 0) is 42.4 Å². The molecule has 0 aliphatic heterocycles. The van der Waals surface area contributed by atoms with Crippen molar-refractivity contribution in [3.05, 3.63) is 69.2 Å². The fourth-order valence-electron chi connectivity index (χ4n) is 3.33. The third-order valence-corrected chi connectivity index (χ3v) is 5.56. The second kappa shape index (κ2) is 10.5. The van der Waals surface area contributed by atoms with Crippen LogP contribution >= 0.6 is 23.2 Å². The average Bonchev–Trinajstić information content (AvgIpc) is 3.50. The van der Waals surface area contributed by atoms with E-state index in [1.807, 2.05) is 30.3 Å². The highest BCUT2D eigenvalue weighted by molar-refractivity contribution is 6.43. The lowest BCUT2D eigenvalue weighted by atomic mass is 10.0. The zero-order valence-electron chi connectivity index (χ0n) is 16.7. The molecule has 0 N–H and O–H groups in total. The molecule has 0 spiro atoms. The molecule has 3 rings (SSSR count). The van der Waals surface area contributed by atoms with Gasteiger partial charge in [0.2, 0.25) is 0 Å². The first-order valence-electron chi connectivity index (χ1n) is 9.42. The Hall–Kier alpha value is -2.57.